The smallest absolute Gasteiger partial charge is 0.332 e. The second-order valence-corrected chi connectivity index (χ2v) is 9.55. The molecular weight excluding hydrogens is 462 g/mol. The van der Waals surface area contributed by atoms with E-state index in [0.29, 0.717) is 5.56 Å². The Morgan fingerprint density at radius 1 is 1.21 bits per heavy atom. The number of nitro groups is 1. The van der Waals surface area contributed by atoms with Gasteiger partial charge in [0, 0.05) is 17.9 Å². The van der Waals surface area contributed by atoms with Gasteiger partial charge in [0.2, 0.25) is 11.8 Å². The van der Waals surface area contributed by atoms with E-state index < -0.39 is 39.9 Å². The van der Waals surface area contributed by atoms with E-state index >= 15 is 0 Å². The number of nitrogens with zero attached hydrogens (tertiary/aromatic N) is 2. The highest BCUT2D eigenvalue weighted by atomic mass is 32.2. The number of β-lactam (4-membered cyclic amide) rings is 1. The highest BCUT2D eigenvalue weighted by Gasteiger charge is 2.61. The van der Waals surface area contributed by atoms with Gasteiger partial charge < -0.3 is 20.1 Å². The van der Waals surface area contributed by atoms with Gasteiger partial charge in [0.05, 0.1) is 11.3 Å². The van der Waals surface area contributed by atoms with Gasteiger partial charge in [0.1, 0.15) is 23.6 Å². The maximum Gasteiger partial charge on any atom is 0.332 e. The summed E-state index contributed by atoms with van der Waals surface area (Å²) in [5.41, 5.74) is -0.267. The number of nitrogens with one attached hydrogen (secondary N) is 1. The summed E-state index contributed by atoms with van der Waals surface area (Å²) in [5, 5.41) is 23.8. The molecule has 2 aliphatic heterocycles. The van der Waals surface area contributed by atoms with Gasteiger partial charge in [0.15, 0.2) is 6.04 Å². The number of benzene rings is 2. The summed E-state index contributed by atoms with van der Waals surface area (Å²) in [6, 6.07) is 12.6. The number of thioether (sulfide) groups is 1. The number of ether oxygens (including phenoxy) is 1. The zero-order chi connectivity index (χ0) is 24.5. The van der Waals surface area contributed by atoms with E-state index in [0.717, 1.165) is 5.56 Å². The maximum absolute atomic E-state index is 12.9. The molecule has 0 spiro atoms. The predicted octanol–water partition coefficient (Wildman–Crippen LogP) is 1.40. The van der Waals surface area contributed by atoms with Gasteiger partial charge in [-0.3, -0.25) is 19.7 Å². The van der Waals surface area contributed by atoms with Crippen molar-refractivity contribution in [1.82, 2.24) is 10.2 Å². The van der Waals surface area contributed by atoms with Crippen LogP contribution in [-0.2, 0) is 32.1 Å². The molecule has 0 aromatic heterocycles. The van der Waals surface area contributed by atoms with Crippen LogP contribution in [0.1, 0.15) is 18.1 Å². The first-order chi connectivity index (χ1) is 16.2. The SMILES string of the molecule is CC1(O)CS[C@@H]2C(NC(=O)Cc3ccccc3)C(=O)N2C1C(=O)OCc1ccc([N+](=O)[O-])cc1. The number of aliphatic hydroxyl groups is 1. The van der Waals surface area contributed by atoms with Crippen molar-refractivity contribution in [2.45, 2.75) is 43.0 Å². The highest BCUT2D eigenvalue weighted by molar-refractivity contribution is 8.00. The van der Waals surface area contributed by atoms with Gasteiger partial charge in [-0.25, -0.2) is 4.79 Å². The zero-order valence-corrected chi connectivity index (χ0v) is 19.1. The zero-order valence-electron chi connectivity index (χ0n) is 18.2. The molecule has 2 fully saturated rings. The second kappa shape index (κ2) is 9.43. The average Bonchev–Trinajstić information content (AvgIpc) is 2.81. The van der Waals surface area contributed by atoms with E-state index in [1.165, 1.54) is 47.9 Å². The van der Waals surface area contributed by atoms with Crippen LogP contribution in [0, 0.1) is 10.1 Å². The van der Waals surface area contributed by atoms with Crippen LogP contribution < -0.4 is 5.32 Å². The molecule has 10 nitrogen and oxygen atoms in total. The molecule has 4 rings (SSSR count). The van der Waals surface area contributed by atoms with Crippen molar-refractivity contribution in [3.63, 3.8) is 0 Å². The molecule has 2 saturated heterocycles. The molecule has 11 heteroatoms. The minimum absolute atomic E-state index is 0.0864. The van der Waals surface area contributed by atoms with Gasteiger partial charge in [-0.05, 0) is 30.2 Å². The van der Waals surface area contributed by atoms with Crippen LogP contribution in [0.3, 0.4) is 0 Å². The van der Waals surface area contributed by atoms with E-state index in [-0.39, 0.29) is 30.4 Å². The first-order valence-corrected chi connectivity index (χ1v) is 11.6. The molecule has 4 atom stereocenters. The van der Waals surface area contributed by atoms with Crippen LogP contribution in [0.2, 0.25) is 0 Å². The fourth-order valence-electron chi connectivity index (χ4n) is 4.02. The third kappa shape index (κ3) is 4.75. The van der Waals surface area contributed by atoms with Crippen LogP contribution in [-0.4, -0.2) is 61.5 Å². The summed E-state index contributed by atoms with van der Waals surface area (Å²) >= 11 is 1.29. The van der Waals surface area contributed by atoms with E-state index in [9.17, 15) is 29.6 Å². The molecule has 0 saturated carbocycles. The quantitative estimate of drug-likeness (QED) is 0.260. The lowest BCUT2D eigenvalue weighted by molar-refractivity contribution is -0.384. The number of hydrogen-bond donors (Lipinski definition) is 2. The van der Waals surface area contributed by atoms with Crippen molar-refractivity contribution in [3.8, 4) is 0 Å². The van der Waals surface area contributed by atoms with Gasteiger partial charge in [-0.15, -0.1) is 11.8 Å². The Morgan fingerprint density at radius 3 is 2.53 bits per heavy atom. The number of esters is 1. The fourth-order valence-corrected chi connectivity index (χ4v) is 5.45. The summed E-state index contributed by atoms with van der Waals surface area (Å²) in [4.78, 5) is 49.7. The van der Waals surface area contributed by atoms with E-state index in [2.05, 4.69) is 5.32 Å². The fraction of sp³-hybridized carbons (Fsp3) is 0.348. The number of carbonyl (C=O) groups is 3. The number of nitro benzene ring substituents is 1. The lowest BCUT2D eigenvalue weighted by atomic mass is 9.91. The molecule has 34 heavy (non-hydrogen) atoms. The molecule has 0 bridgehead atoms. The van der Waals surface area contributed by atoms with Crippen molar-refractivity contribution in [3.05, 3.63) is 75.8 Å². The Labute approximate surface area is 199 Å². The summed E-state index contributed by atoms with van der Waals surface area (Å²) in [5.74, 6) is -1.38. The van der Waals surface area contributed by atoms with Crippen molar-refractivity contribution in [2.24, 2.45) is 0 Å². The van der Waals surface area contributed by atoms with Gasteiger partial charge >= 0.3 is 5.97 Å². The molecule has 2 aromatic carbocycles. The van der Waals surface area contributed by atoms with Crippen LogP contribution in [0.5, 0.6) is 0 Å². The highest BCUT2D eigenvalue weighted by Crippen LogP contribution is 2.42. The van der Waals surface area contributed by atoms with Crippen molar-refractivity contribution >= 4 is 35.2 Å². The summed E-state index contributed by atoms with van der Waals surface area (Å²) in [6.07, 6.45) is 0.125. The number of hydrogen-bond acceptors (Lipinski definition) is 8. The monoisotopic (exact) mass is 485 g/mol. The van der Waals surface area contributed by atoms with Crippen LogP contribution in [0.25, 0.3) is 0 Å². The van der Waals surface area contributed by atoms with Crippen molar-refractivity contribution in [2.75, 3.05) is 5.75 Å². The van der Waals surface area contributed by atoms with Crippen molar-refractivity contribution in [1.29, 1.82) is 0 Å². The molecule has 0 radical (unpaired) electrons. The third-order valence-electron chi connectivity index (χ3n) is 5.77. The molecule has 178 valence electrons. The maximum atomic E-state index is 12.9. The van der Waals surface area contributed by atoms with E-state index in [1.807, 2.05) is 30.3 Å². The Hall–Kier alpha value is -3.44. The molecule has 2 aliphatic rings. The first-order valence-electron chi connectivity index (χ1n) is 10.6. The number of amides is 2. The third-order valence-corrected chi connectivity index (χ3v) is 7.36. The largest absolute Gasteiger partial charge is 0.459 e. The minimum atomic E-state index is -1.53. The molecule has 2 aromatic rings. The topological polar surface area (TPSA) is 139 Å². The Kier molecular flexibility index (Phi) is 6.58. The summed E-state index contributed by atoms with van der Waals surface area (Å²) in [7, 11) is 0. The van der Waals surface area contributed by atoms with Crippen LogP contribution in [0.4, 0.5) is 5.69 Å². The van der Waals surface area contributed by atoms with Gasteiger partial charge in [-0.2, -0.15) is 0 Å². The number of carbonyl (C=O) groups excluding carboxylic acids is 3. The standard InChI is InChI=1S/C23H23N3O7S/c1-23(30)13-34-21-18(24-17(27)11-14-5-3-2-4-6-14)20(28)25(21)19(23)22(29)33-12-15-7-9-16(10-8-15)26(31)32/h2-10,18-19,21,30H,11-13H2,1H3,(H,24,27)/t18?,19?,21-,23?/m1/s1. The number of non-ortho nitro benzene ring substituents is 1. The predicted molar refractivity (Wildman–Crippen MR) is 122 cm³/mol. The Balaban J connectivity index is 1.39. The molecule has 2 N–H and O–H groups in total. The van der Waals surface area contributed by atoms with Crippen LogP contribution >= 0.6 is 11.8 Å². The number of rotatable bonds is 7. The van der Waals surface area contributed by atoms with Gasteiger partial charge in [-0.1, -0.05) is 30.3 Å². The molecule has 2 amide bonds. The lowest BCUT2D eigenvalue weighted by Crippen LogP contribution is -2.79. The first kappa shape index (κ1) is 23.7. The molecular formula is C23H23N3O7S. The summed E-state index contributed by atoms with van der Waals surface area (Å²) < 4.78 is 5.34. The minimum Gasteiger partial charge on any atom is -0.459 e. The Morgan fingerprint density at radius 2 is 1.88 bits per heavy atom. The Bertz CT molecular complexity index is 1110. The molecule has 0 aliphatic carbocycles. The second-order valence-electron chi connectivity index (χ2n) is 8.45. The molecule has 2 heterocycles. The number of fused-ring (bicyclic) bond motifs is 1. The van der Waals surface area contributed by atoms with E-state index in [4.69, 9.17) is 4.74 Å². The summed E-state index contributed by atoms with van der Waals surface area (Å²) in [6.45, 7) is 1.29. The molecule has 3 unspecified atom stereocenters. The normalized spacial score (nSPS) is 25.6. The van der Waals surface area contributed by atoms with Gasteiger partial charge in [0.25, 0.3) is 5.69 Å². The lowest BCUT2D eigenvalue weighted by Gasteiger charge is -2.56. The average molecular weight is 486 g/mol. The van der Waals surface area contributed by atoms with E-state index in [1.54, 1.807) is 0 Å². The van der Waals surface area contributed by atoms with Crippen LogP contribution in [0.15, 0.2) is 54.6 Å². The van der Waals surface area contributed by atoms with Crippen molar-refractivity contribution < 1.29 is 29.2 Å².